The number of benzene rings is 2. The minimum Gasteiger partial charge on any atom is -0.497 e. The van der Waals surface area contributed by atoms with E-state index in [2.05, 4.69) is 21.2 Å². The molecule has 8 heteroatoms. The molecule has 2 aliphatic rings. The molecule has 3 aromatic rings. The number of Topliss-reactive ketones (excluding diaryl/α,β-unsaturated/α-hetero) is 1. The first kappa shape index (κ1) is 19.8. The van der Waals surface area contributed by atoms with E-state index in [1.165, 1.54) is 0 Å². The molecule has 1 aromatic heterocycles. The standard InChI is InChI=1S/C23H21BrN4O3/c1-30-16-10-14(11-17(12-16)31-2)22-26-23-25-18-4-3-5-19(29)20(18)21(28(23)27-22)13-6-8-15(24)9-7-13/h6-12,21H,3-5H2,1-2H3,(H,25,26,27). The highest BCUT2D eigenvalue weighted by molar-refractivity contribution is 9.10. The maximum absolute atomic E-state index is 12.9. The molecule has 0 bridgehead atoms. The molecule has 7 nitrogen and oxygen atoms in total. The number of methoxy groups -OCH3 is 2. The van der Waals surface area contributed by atoms with Crippen molar-refractivity contribution in [3.63, 3.8) is 0 Å². The Morgan fingerprint density at radius 3 is 2.45 bits per heavy atom. The fourth-order valence-electron chi connectivity index (χ4n) is 4.17. The lowest BCUT2D eigenvalue weighted by atomic mass is 9.85. The molecule has 1 unspecified atom stereocenters. The highest BCUT2D eigenvalue weighted by Gasteiger charge is 2.36. The van der Waals surface area contributed by atoms with Crippen molar-refractivity contribution in [2.75, 3.05) is 19.5 Å². The second kappa shape index (κ2) is 7.85. The third-order valence-corrected chi connectivity index (χ3v) is 6.19. The lowest BCUT2D eigenvalue weighted by molar-refractivity contribution is -0.116. The molecular weight excluding hydrogens is 460 g/mol. The van der Waals surface area contributed by atoms with Gasteiger partial charge in [-0.05, 0) is 42.7 Å². The Labute approximate surface area is 188 Å². The highest BCUT2D eigenvalue weighted by Crippen LogP contribution is 2.41. The van der Waals surface area contributed by atoms with Gasteiger partial charge >= 0.3 is 0 Å². The molecule has 5 rings (SSSR count). The van der Waals surface area contributed by atoms with Gasteiger partial charge in [-0.25, -0.2) is 4.68 Å². The predicted octanol–water partition coefficient (Wildman–Crippen LogP) is 4.75. The lowest BCUT2D eigenvalue weighted by Crippen LogP contribution is -2.31. The van der Waals surface area contributed by atoms with Crippen molar-refractivity contribution in [1.82, 2.24) is 14.8 Å². The number of hydrogen-bond acceptors (Lipinski definition) is 6. The van der Waals surface area contributed by atoms with E-state index in [-0.39, 0.29) is 11.8 Å². The zero-order valence-corrected chi connectivity index (χ0v) is 18.8. The summed E-state index contributed by atoms with van der Waals surface area (Å²) in [5.74, 6) is 2.64. The number of carbonyl (C=O) groups excluding carboxylic acids is 1. The summed E-state index contributed by atoms with van der Waals surface area (Å²) in [6.45, 7) is 0. The van der Waals surface area contributed by atoms with Crippen LogP contribution < -0.4 is 14.8 Å². The first-order chi connectivity index (χ1) is 15.1. The van der Waals surface area contributed by atoms with Crippen molar-refractivity contribution in [1.29, 1.82) is 0 Å². The van der Waals surface area contributed by atoms with Gasteiger partial charge in [0.05, 0.1) is 14.2 Å². The van der Waals surface area contributed by atoms with Gasteiger partial charge in [-0.2, -0.15) is 4.98 Å². The zero-order valence-electron chi connectivity index (χ0n) is 17.2. The van der Waals surface area contributed by atoms with E-state index < -0.39 is 0 Å². The van der Waals surface area contributed by atoms with Gasteiger partial charge in [0.1, 0.15) is 17.5 Å². The third-order valence-electron chi connectivity index (χ3n) is 5.66. The Hall–Kier alpha value is -3.13. The van der Waals surface area contributed by atoms with Gasteiger partial charge in [0, 0.05) is 33.8 Å². The van der Waals surface area contributed by atoms with E-state index in [1.54, 1.807) is 20.3 Å². The Morgan fingerprint density at radius 1 is 1.06 bits per heavy atom. The summed E-state index contributed by atoms with van der Waals surface area (Å²) in [7, 11) is 3.22. The van der Waals surface area contributed by atoms with Gasteiger partial charge < -0.3 is 14.8 Å². The summed E-state index contributed by atoms with van der Waals surface area (Å²) < 4.78 is 13.6. The Kier molecular flexibility index (Phi) is 5.02. The molecule has 2 heterocycles. The molecule has 1 aliphatic heterocycles. The van der Waals surface area contributed by atoms with Gasteiger partial charge in [-0.3, -0.25) is 4.79 Å². The van der Waals surface area contributed by atoms with Crippen molar-refractivity contribution < 1.29 is 14.3 Å². The van der Waals surface area contributed by atoms with Gasteiger partial charge in [0.2, 0.25) is 5.95 Å². The Balaban J connectivity index is 1.66. The van der Waals surface area contributed by atoms with E-state index in [0.29, 0.717) is 29.7 Å². The van der Waals surface area contributed by atoms with Crippen LogP contribution in [0.1, 0.15) is 30.9 Å². The monoisotopic (exact) mass is 480 g/mol. The summed E-state index contributed by atoms with van der Waals surface area (Å²) in [5.41, 5.74) is 3.49. The highest BCUT2D eigenvalue weighted by atomic mass is 79.9. The molecule has 0 saturated carbocycles. The number of allylic oxidation sites excluding steroid dienone is 2. The molecular formula is C23H21BrN4O3. The number of carbonyl (C=O) groups is 1. The summed E-state index contributed by atoms with van der Waals surface area (Å²) in [5, 5.41) is 8.18. The minimum absolute atomic E-state index is 0.160. The van der Waals surface area contributed by atoms with Gasteiger partial charge in [0.15, 0.2) is 11.6 Å². The average Bonchev–Trinajstić information content (AvgIpc) is 3.22. The molecule has 0 radical (unpaired) electrons. The zero-order chi connectivity index (χ0) is 21.5. The number of ketones is 1. The first-order valence-corrected chi connectivity index (χ1v) is 10.9. The smallest absolute Gasteiger partial charge is 0.226 e. The van der Waals surface area contributed by atoms with Crippen molar-refractivity contribution in [2.24, 2.45) is 0 Å². The molecule has 1 N–H and O–H groups in total. The number of halogens is 1. The molecule has 0 amide bonds. The molecule has 0 saturated heterocycles. The molecule has 1 aliphatic carbocycles. The van der Waals surface area contributed by atoms with Crippen molar-refractivity contribution in [3.8, 4) is 22.9 Å². The van der Waals surface area contributed by atoms with Crippen LogP contribution in [-0.2, 0) is 4.79 Å². The lowest BCUT2D eigenvalue weighted by Gasteiger charge is -2.32. The third kappa shape index (κ3) is 3.50. The van der Waals surface area contributed by atoms with Crippen molar-refractivity contribution in [3.05, 3.63) is 63.8 Å². The average molecular weight is 481 g/mol. The number of nitrogens with zero attached hydrogens (tertiary/aromatic N) is 3. The normalized spacial score (nSPS) is 17.6. The van der Waals surface area contributed by atoms with E-state index in [1.807, 2.05) is 41.1 Å². The van der Waals surface area contributed by atoms with Crippen LogP contribution >= 0.6 is 15.9 Å². The Morgan fingerprint density at radius 2 is 1.77 bits per heavy atom. The first-order valence-electron chi connectivity index (χ1n) is 10.1. The second-order valence-corrected chi connectivity index (χ2v) is 8.47. The SMILES string of the molecule is COc1cc(OC)cc(-c2nc3n(n2)C(c2ccc(Br)cc2)C2=C(CCCC2=O)N3)c1. The maximum atomic E-state index is 12.9. The summed E-state index contributed by atoms with van der Waals surface area (Å²) in [6, 6.07) is 13.2. The molecule has 158 valence electrons. The number of fused-ring (bicyclic) bond motifs is 1. The second-order valence-electron chi connectivity index (χ2n) is 7.55. The van der Waals surface area contributed by atoms with Crippen molar-refractivity contribution in [2.45, 2.75) is 25.3 Å². The van der Waals surface area contributed by atoms with Crippen LogP contribution in [0.3, 0.4) is 0 Å². The van der Waals surface area contributed by atoms with E-state index >= 15 is 0 Å². The number of ether oxygens (including phenoxy) is 2. The van der Waals surface area contributed by atoms with Crippen molar-refractivity contribution >= 4 is 27.7 Å². The van der Waals surface area contributed by atoms with Crippen LogP contribution in [0, 0.1) is 0 Å². The van der Waals surface area contributed by atoms with Gasteiger partial charge in [-0.1, -0.05) is 28.1 Å². The number of hydrogen-bond donors (Lipinski definition) is 1. The summed E-state index contributed by atoms with van der Waals surface area (Å²) in [4.78, 5) is 17.7. The molecule has 2 aromatic carbocycles. The van der Waals surface area contributed by atoms with Crippen LogP contribution in [0.25, 0.3) is 11.4 Å². The predicted molar refractivity (Wildman–Crippen MR) is 120 cm³/mol. The number of anilines is 1. The number of aromatic nitrogens is 3. The molecule has 0 fully saturated rings. The topological polar surface area (TPSA) is 78.3 Å². The van der Waals surface area contributed by atoms with Crippen LogP contribution in [-0.4, -0.2) is 34.8 Å². The van der Waals surface area contributed by atoms with E-state index in [4.69, 9.17) is 19.6 Å². The maximum Gasteiger partial charge on any atom is 0.226 e. The minimum atomic E-state index is -0.319. The van der Waals surface area contributed by atoms with Gasteiger partial charge in [-0.15, -0.1) is 5.10 Å². The van der Waals surface area contributed by atoms with Crippen LogP contribution in [0.15, 0.2) is 58.2 Å². The Bertz CT molecular complexity index is 1180. The number of rotatable bonds is 4. The fourth-order valence-corrected chi connectivity index (χ4v) is 4.43. The van der Waals surface area contributed by atoms with Crippen LogP contribution in [0.2, 0.25) is 0 Å². The fraction of sp³-hybridized carbons (Fsp3) is 0.261. The molecule has 31 heavy (non-hydrogen) atoms. The molecule has 0 spiro atoms. The summed E-state index contributed by atoms with van der Waals surface area (Å²) >= 11 is 3.49. The largest absolute Gasteiger partial charge is 0.497 e. The van der Waals surface area contributed by atoms with Crippen LogP contribution in [0.4, 0.5) is 5.95 Å². The molecule has 1 atom stereocenters. The summed E-state index contributed by atoms with van der Waals surface area (Å²) in [6.07, 6.45) is 2.21. The van der Waals surface area contributed by atoms with Gasteiger partial charge in [0.25, 0.3) is 0 Å². The van der Waals surface area contributed by atoms with E-state index in [9.17, 15) is 4.79 Å². The number of nitrogens with one attached hydrogen (secondary N) is 1. The van der Waals surface area contributed by atoms with E-state index in [0.717, 1.165) is 39.7 Å². The quantitative estimate of drug-likeness (QED) is 0.580. The van der Waals surface area contributed by atoms with Crippen LogP contribution in [0.5, 0.6) is 11.5 Å².